The van der Waals surface area contributed by atoms with Gasteiger partial charge < -0.3 is 4.40 Å². The van der Waals surface area contributed by atoms with Crippen LogP contribution in [0.3, 0.4) is 0 Å². The van der Waals surface area contributed by atoms with E-state index in [-0.39, 0.29) is 0 Å². The van der Waals surface area contributed by atoms with Crippen LogP contribution in [0.4, 0.5) is 0 Å². The van der Waals surface area contributed by atoms with Crippen molar-refractivity contribution in [3.05, 3.63) is 150 Å². The number of rotatable bonds is 4. The van der Waals surface area contributed by atoms with E-state index in [4.69, 9.17) is 9.97 Å². The van der Waals surface area contributed by atoms with Crippen LogP contribution >= 0.6 is 0 Å². The Morgan fingerprint density at radius 3 is 1.33 bits per heavy atom. The minimum atomic E-state index is 0.580. The third kappa shape index (κ3) is 3.96. The monoisotopic (exact) mass is 811 g/mol. The molecule has 4 heterocycles. The molecule has 6 fully saturated rings. The van der Waals surface area contributed by atoms with E-state index in [0.29, 0.717) is 34.5 Å². The molecule has 0 N–H and O–H groups in total. The van der Waals surface area contributed by atoms with Crippen molar-refractivity contribution in [2.24, 2.45) is 34.5 Å². The number of aromatic nitrogens is 3. The van der Waals surface area contributed by atoms with E-state index in [1.807, 2.05) is 0 Å². The normalized spacial score (nSPS) is 32.3. The van der Waals surface area contributed by atoms with Crippen LogP contribution in [0, 0.1) is 34.5 Å². The van der Waals surface area contributed by atoms with Crippen molar-refractivity contribution >= 4 is 38.1 Å². The molecule has 9 aromatic rings. The molecule has 5 aromatic carbocycles. The maximum atomic E-state index is 5.63. The lowest BCUT2D eigenvalue weighted by Crippen LogP contribution is -2.41. The highest BCUT2D eigenvalue weighted by molar-refractivity contribution is 6.26. The third-order valence-corrected chi connectivity index (χ3v) is 20.1. The Balaban J connectivity index is 1.03. The van der Waals surface area contributed by atoms with E-state index < -0.39 is 0 Å². The number of pyridine rings is 2. The van der Waals surface area contributed by atoms with Crippen LogP contribution < -0.4 is 0 Å². The molecule has 2 spiro atoms. The lowest BCUT2D eigenvalue weighted by atomic mass is 9.56. The Labute approximate surface area is 367 Å². The summed E-state index contributed by atoms with van der Waals surface area (Å²) in [7, 11) is 0. The lowest BCUT2D eigenvalue weighted by molar-refractivity contribution is 0.00321. The summed E-state index contributed by atoms with van der Waals surface area (Å²) in [6.45, 7) is 0. The van der Waals surface area contributed by atoms with Crippen molar-refractivity contribution in [3.63, 3.8) is 0 Å². The molecule has 304 valence electrons. The van der Waals surface area contributed by atoms with E-state index in [1.165, 1.54) is 158 Å². The smallest absolute Gasteiger partial charge is 0.0728 e. The Hall–Kier alpha value is -5.80. The second-order valence-electron chi connectivity index (χ2n) is 22.2. The molecule has 3 nitrogen and oxygen atoms in total. The van der Waals surface area contributed by atoms with Crippen molar-refractivity contribution in [1.82, 2.24) is 14.4 Å². The molecule has 8 aliphatic carbocycles. The molecular formula is C60H49N3. The first-order valence-corrected chi connectivity index (χ1v) is 24.5. The van der Waals surface area contributed by atoms with Crippen LogP contribution in [-0.4, -0.2) is 14.4 Å². The summed E-state index contributed by atoms with van der Waals surface area (Å²) in [5.41, 5.74) is 21.7. The molecule has 8 aliphatic rings. The van der Waals surface area contributed by atoms with Gasteiger partial charge in [0.15, 0.2) is 0 Å². The summed E-state index contributed by atoms with van der Waals surface area (Å²) in [6, 6.07) is 43.8. The average molecular weight is 812 g/mol. The molecule has 0 saturated heterocycles. The topological polar surface area (TPSA) is 30.2 Å². The fourth-order valence-electron chi connectivity index (χ4n) is 17.9. The predicted octanol–water partition coefficient (Wildman–Crippen LogP) is 15.1. The quantitative estimate of drug-likeness (QED) is 0.177. The Kier molecular flexibility index (Phi) is 6.04. The first kappa shape index (κ1) is 33.7. The van der Waals surface area contributed by atoms with Gasteiger partial charge in [-0.3, -0.25) is 9.97 Å². The Bertz CT molecular complexity index is 3270. The molecule has 63 heavy (non-hydrogen) atoms. The molecule has 17 rings (SSSR count). The molecule has 6 bridgehead atoms. The SMILES string of the molecule is c1ccc(-c2cc(-c3ccccc3)c(-c3cc4c5c6c(ncc5n5c7cnc8c(c7c(c3)c45)C3CC4CC5CC8CC54C3)C3CC4CC5CC6CC45C3)c(-c3ccccc3)c2)cc1. The van der Waals surface area contributed by atoms with Crippen LogP contribution in [0.1, 0.15) is 110 Å². The van der Waals surface area contributed by atoms with Gasteiger partial charge in [-0.1, -0.05) is 91.0 Å². The zero-order valence-electron chi connectivity index (χ0n) is 35.7. The number of benzene rings is 5. The summed E-state index contributed by atoms with van der Waals surface area (Å²) in [5, 5.41) is 5.90. The number of fused-ring (bicyclic) bond motifs is 18. The van der Waals surface area contributed by atoms with Crippen molar-refractivity contribution in [2.45, 2.75) is 87.9 Å². The second-order valence-corrected chi connectivity index (χ2v) is 22.2. The predicted molar refractivity (Wildman–Crippen MR) is 254 cm³/mol. The van der Waals surface area contributed by atoms with Crippen LogP contribution in [0.5, 0.6) is 0 Å². The van der Waals surface area contributed by atoms with Gasteiger partial charge in [0.2, 0.25) is 0 Å². The van der Waals surface area contributed by atoms with Gasteiger partial charge in [-0.15, -0.1) is 0 Å². The second kappa shape index (κ2) is 11.3. The fraction of sp³-hybridized carbons (Fsp3) is 0.333. The summed E-state index contributed by atoms with van der Waals surface area (Å²) >= 11 is 0. The van der Waals surface area contributed by atoms with Gasteiger partial charge in [0.1, 0.15) is 0 Å². The number of nitrogens with zero attached hydrogens (tertiary/aromatic N) is 3. The summed E-state index contributed by atoms with van der Waals surface area (Å²) in [6.07, 6.45) is 18.5. The van der Waals surface area contributed by atoms with Crippen LogP contribution in [0.2, 0.25) is 0 Å². The first-order valence-electron chi connectivity index (χ1n) is 24.5. The minimum absolute atomic E-state index is 0.580. The average Bonchev–Trinajstić information content (AvgIpc) is 4.12. The highest BCUT2D eigenvalue weighted by Gasteiger charge is 2.67. The van der Waals surface area contributed by atoms with Gasteiger partial charge in [-0.25, -0.2) is 0 Å². The maximum Gasteiger partial charge on any atom is 0.0728 e. The molecule has 0 amide bonds. The lowest BCUT2D eigenvalue weighted by Gasteiger charge is -2.48. The summed E-state index contributed by atoms with van der Waals surface area (Å²) < 4.78 is 2.68. The number of hydrogen-bond donors (Lipinski definition) is 0. The highest BCUT2D eigenvalue weighted by atomic mass is 15.0. The van der Waals surface area contributed by atoms with Crippen molar-refractivity contribution < 1.29 is 0 Å². The van der Waals surface area contributed by atoms with Crippen molar-refractivity contribution in [3.8, 4) is 44.5 Å². The van der Waals surface area contributed by atoms with Crippen LogP contribution in [0.15, 0.2) is 128 Å². The molecule has 10 atom stereocenters. The molecular weight excluding hydrogens is 763 g/mol. The van der Waals surface area contributed by atoms with Gasteiger partial charge in [-0.05, 0) is 190 Å². The summed E-state index contributed by atoms with van der Waals surface area (Å²) in [5.74, 6) is 6.10. The third-order valence-electron chi connectivity index (χ3n) is 20.1. The highest BCUT2D eigenvalue weighted by Crippen LogP contribution is 2.78. The van der Waals surface area contributed by atoms with E-state index >= 15 is 0 Å². The first-order chi connectivity index (χ1) is 31.1. The van der Waals surface area contributed by atoms with Crippen molar-refractivity contribution in [1.29, 1.82) is 0 Å². The van der Waals surface area contributed by atoms with E-state index in [0.717, 1.165) is 23.7 Å². The molecule has 3 heteroatoms. The standard InChI is InChI=1S/C60H49N3/c1-4-10-32(11-5-1)35-20-45(33-12-6-2-7-13-33)51(46(21-35)34-14-8-3-9-15-34)36-22-47-54-49(30-61-56-39-18-43-24-41-16-37(52(54)56)26-59(41,43)28-39)63-50-31-62-57-40-19-44-25-42-17-38(27-60(42,44)29-40)53(57)55(50)48(23-36)58(47)63/h1-15,20-23,30-31,37-44H,16-19,24-29H2. The van der Waals surface area contributed by atoms with E-state index in [1.54, 1.807) is 11.1 Å². The van der Waals surface area contributed by atoms with Gasteiger partial charge in [0, 0.05) is 44.8 Å². The van der Waals surface area contributed by atoms with E-state index in [9.17, 15) is 0 Å². The molecule has 10 unspecified atom stereocenters. The van der Waals surface area contributed by atoms with Gasteiger partial charge in [-0.2, -0.15) is 0 Å². The Morgan fingerprint density at radius 2 is 0.857 bits per heavy atom. The Morgan fingerprint density at radius 1 is 0.429 bits per heavy atom. The molecule has 0 aliphatic heterocycles. The maximum absolute atomic E-state index is 5.63. The van der Waals surface area contributed by atoms with Gasteiger partial charge >= 0.3 is 0 Å². The molecule has 4 aromatic heterocycles. The molecule has 0 radical (unpaired) electrons. The van der Waals surface area contributed by atoms with Crippen LogP contribution in [-0.2, 0) is 0 Å². The summed E-state index contributed by atoms with van der Waals surface area (Å²) in [4.78, 5) is 11.3. The van der Waals surface area contributed by atoms with Crippen LogP contribution in [0.25, 0.3) is 82.6 Å². The van der Waals surface area contributed by atoms with E-state index in [2.05, 4.69) is 132 Å². The minimum Gasteiger partial charge on any atom is -0.305 e. The van der Waals surface area contributed by atoms with Gasteiger partial charge in [0.05, 0.1) is 28.9 Å². The van der Waals surface area contributed by atoms with Gasteiger partial charge in [0.25, 0.3) is 0 Å². The fourth-order valence-corrected chi connectivity index (χ4v) is 17.9. The molecule has 6 saturated carbocycles. The largest absolute Gasteiger partial charge is 0.305 e. The zero-order valence-corrected chi connectivity index (χ0v) is 35.7. The number of hydrogen-bond acceptors (Lipinski definition) is 2. The van der Waals surface area contributed by atoms with Crippen molar-refractivity contribution in [2.75, 3.05) is 0 Å². The zero-order chi connectivity index (χ0) is 40.5.